The van der Waals surface area contributed by atoms with Gasteiger partial charge in [-0.1, -0.05) is 0 Å². The minimum absolute atomic E-state index is 0.120. The molecule has 0 aliphatic carbocycles. The molecule has 0 unspecified atom stereocenters. The molecule has 0 bridgehead atoms. The monoisotopic (exact) mass is 298 g/mol. The summed E-state index contributed by atoms with van der Waals surface area (Å²) in [5.41, 5.74) is 5.17. The van der Waals surface area contributed by atoms with Crippen LogP contribution in [0.1, 0.15) is 20.9 Å². The average Bonchev–Trinajstić information content (AvgIpc) is 3.12. The van der Waals surface area contributed by atoms with Gasteiger partial charge in [-0.3, -0.25) is 4.79 Å². The quantitative estimate of drug-likeness (QED) is 0.807. The molecule has 1 aromatic carbocycles. The molecule has 0 radical (unpaired) electrons. The summed E-state index contributed by atoms with van der Waals surface area (Å²) in [5, 5.41) is 7.12. The molecule has 1 N–H and O–H groups in total. The van der Waals surface area contributed by atoms with Gasteiger partial charge in [0.1, 0.15) is 4.88 Å². The molecule has 0 atom stereocenters. The van der Waals surface area contributed by atoms with Gasteiger partial charge in [0.2, 0.25) is 0 Å². The predicted octanol–water partition coefficient (Wildman–Crippen LogP) is 3.20. The van der Waals surface area contributed by atoms with Crippen LogP contribution in [0.3, 0.4) is 0 Å². The number of aromatic nitrogens is 3. The summed E-state index contributed by atoms with van der Waals surface area (Å²) >= 11 is 1.35. The van der Waals surface area contributed by atoms with E-state index in [0.29, 0.717) is 4.88 Å². The lowest BCUT2D eigenvalue weighted by Gasteiger charge is -2.10. The van der Waals surface area contributed by atoms with Crippen molar-refractivity contribution in [1.82, 2.24) is 14.8 Å². The van der Waals surface area contributed by atoms with Crippen LogP contribution >= 0.6 is 11.3 Å². The van der Waals surface area contributed by atoms with E-state index in [1.54, 1.807) is 16.4 Å². The van der Waals surface area contributed by atoms with E-state index in [2.05, 4.69) is 15.4 Å². The van der Waals surface area contributed by atoms with E-state index >= 15 is 0 Å². The zero-order valence-electron chi connectivity index (χ0n) is 11.7. The molecule has 0 saturated heterocycles. The normalized spacial score (nSPS) is 10.6. The van der Waals surface area contributed by atoms with Crippen LogP contribution in [-0.4, -0.2) is 20.7 Å². The lowest BCUT2D eigenvalue weighted by atomic mass is 10.1. The maximum Gasteiger partial charge on any atom is 0.267 e. The maximum atomic E-state index is 12.2. The van der Waals surface area contributed by atoms with Crippen LogP contribution in [0.4, 0.5) is 5.69 Å². The number of anilines is 1. The van der Waals surface area contributed by atoms with Crippen molar-refractivity contribution in [2.24, 2.45) is 0 Å². The first-order valence-corrected chi connectivity index (χ1v) is 7.35. The molecule has 0 fully saturated rings. The maximum absolute atomic E-state index is 12.2. The van der Waals surface area contributed by atoms with Gasteiger partial charge in [0.25, 0.3) is 5.91 Å². The second kappa shape index (κ2) is 5.49. The molecule has 2 aromatic heterocycles. The molecule has 2 heterocycles. The van der Waals surface area contributed by atoms with Crippen molar-refractivity contribution >= 4 is 22.9 Å². The zero-order chi connectivity index (χ0) is 14.8. The summed E-state index contributed by atoms with van der Waals surface area (Å²) in [4.78, 5) is 16.9. The van der Waals surface area contributed by atoms with E-state index in [0.717, 1.165) is 22.6 Å². The van der Waals surface area contributed by atoms with Crippen molar-refractivity contribution in [2.45, 2.75) is 13.8 Å². The molecule has 21 heavy (non-hydrogen) atoms. The first-order valence-electron chi connectivity index (χ1n) is 6.47. The van der Waals surface area contributed by atoms with Crippen molar-refractivity contribution in [1.29, 1.82) is 0 Å². The highest BCUT2D eigenvalue weighted by Gasteiger charge is 2.13. The van der Waals surface area contributed by atoms with Crippen molar-refractivity contribution in [3.05, 3.63) is 58.3 Å². The lowest BCUT2D eigenvalue weighted by Crippen LogP contribution is -2.12. The summed E-state index contributed by atoms with van der Waals surface area (Å²) in [6, 6.07) is 7.68. The fourth-order valence-electron chi connectivity index (χ4n) is 2.05. The molecule has 5 nitrogen and oxygen atoms in total. The van der Waals surface area contributed by atoms with Crippen LogP contribution in [0.5, 0.6) is 0 Å². The van der Waals surface area contributed by atoms with Crippen LogP contribution in [0.25, 0.3) is 5.69 Å². The molecule has 1 amide bonds. The number of benzene rings is 1. The minimum atomic E-state index is -0.120. The molecular formula is C15H14N4OS. The van der Waals surface area contributed by atoms with Crippen molar-refractivity contribution in [3.8, 4) is 5.69 Å². The molecular weight excluding hydrogens is 284 g/mol. The summed E-state index contributed by atoms with van der Waals surface area (Å²) < 4.78 is 1.78. The topological polar surface area (TPSA) is 59.8 Å². The first-order chi connectivity index (χ1) is 10.1. The summed E-state index contributed by atoms with van der Waals surface area (Å²) in [5.74, 6) is -0.120. The van der Waals surface area contributed by atoms with E-state index in [-0.39, 0.29) is 5.91 Å². The highest BCUT2D eigenvalue weighted by Crippen LogP contribution is 2.21. The van der Waals surface area contributed by atoms with Crippen LogP contribution in [0.2, 0.25) is 0 Å². The van der Waals surface area contributed by atoms with E-state index in [4.69, 9.17) is 0 Å². The Balaban J connectivity index is 1.84. The Kier molecular flexibility index (Phi) is 3.53. The Bertz CT molecular complexity index is 777. The van der Waals surface area contributed by atoms with Crippen LogP contribution in [0.15, 0.2) is 42.2 Å². The van der Waals surface area contributed by atoms with Crippen molar-refractivity contribution in [3.63, 3.8) is 0 Å². The Morgan fingerprint density at radius 1 is 1.33 bits per heavy atom. The fourth-order valence-corrected chi connectivity index (χ4v) is 2.75. The second-order valence-electron chi connectivity index (χ2n) is 4.67. The van der Waals surface area contributed by atoms with E-state index in [1.807, 2.05) is 44.3 Å². The molecule has 6 heteroatoms. The second-order valence-corrected chi connectivity index (χ2v) is 5.53. The van der Waals surface area contributed by atoms with Crippen LogP contribution < -0.4 is 5.32 Å². The highest BCUT2D eigenvalue weighted by atomic mass is 32.1. The molecule has 0 saturated carbocycles. The van der Waals surface area contributed by atoms with Gasteiger partial charge >= 0.3 is 0 Å². The van der Waals surface area contributed by atoms with Gasteiger partial charge in [-0.15, -0.1) is 11.3 Å². The van der Waals surface area contributed by atoms with Gasteiger partial charge in [-0.25, -0.2) is 9.67 Å². The number of nitrogens with zero attached hydrogens (tertiary/aromatic N) is 3. The Morgan fingerprint density at radius 2 is 2.19 bits per heavy atom. The van der Waals surface area contributed by atoms with Gasteiger partial charge < -0.3 is 5.32 Å². The predicted molar refractivity (Wildman–Crippen MR) is 83.1 cm³/mol. The van der Waals surface area contributed by atoms with Gasteiger partial charge in [-0.2, -0.15) is 5.10 Å². The largest absolute Gasteiger partial charge is 0.321 e. The number of amides is 1. The molecule has 3 aromatic rings. The van der Waals surface area contributed by atoms with Gasteiger partial charge in [0.15, 0.2) is 0 Å². The summed E-state index contributed by atoms with van der Waals surface area (Å²) in [7, 11) is 0. The number of thiazole rings is 1. The molecule has 106 valence electrons. The number of aryl methyl sites for hydroxylation is 2. The SMILES string of the molecule is Cc1cc(-n2cccn2)ccc1NC(=O)c1scnc1C. The third-order valence-corrected chi connectivity index (χ3v) is 4.11. The molecule has 0 aliphatic rings. The number of nitrogens with one attached hydrogen (secondary N) is 1. The van der Waals surface area contributed by atoms with Crippen molar-refractivity contribution < 1.29 is 4.79 Å². The van der Waals surface area contributed by atoms with E-state index in [9.17, 15) is 4.79 Å². The minimum Gasteiger partial charge on any atom is -0.321 e. The number of carbonyl (C=O) groups is 1. The van der Waals surface area contributed by atoms with E-state index in [1.165, 1.54) is 11.3 Å². The number of rotatable bonds is 3. The first kappa shape index (κ1) is 13.5. The van der Waals surface area contributed by atoms with Crippen LogP contribution in [0, 0.1) is 13.8 Å². The Labute approximate surface area is 126 Å². The number of hydrogen-bond acceptors (Lipinski definition) is 4. The average molecular weight is 298 g/mol. The Hall–Kier alpha value is -2.47. The highest BCUT2D eigenvalue weighted by molar-refractivity contribution is 7.12. The fraction of sp³-hybridized carbons (Fsp3) is 0.133. The summed E-state index contributed by atoms with van der Waals surface area (Å²) in [6.07, 6.45) is 3.62. The van der Waals surface area contributed by atoms with Crippen molar-refractivity contribution in [2.75, 3.05) is 5.32 Å². The number of carbonyl (C=O) groups excluding carboxylic acids is 1. The standard InChI is InChI=1S/C15H14N4OS/c1-10-8-12(19-7-3-6-17-19)4-5-13(10)18-15(20)14-11(2)16-9-21-14/h3-9H,1-2H3,(H,18,20). The molecule has 0 aliphatic heterocycles. The third-order valence-electron chi connectivity index (χ3n) is 3.18. The van der Waals surface area contributed by atoms with E-state index < -0.39 is 0 Å². The van der Waals surface area contributed by atoms with Gasteiger partial charge in [0.05, 0.1) is 16.9 Å². The lowest BCUT2D eigenvalue weighted by molar-refractivity contribution is 0.102. The van der Waals surface area contributed by atoms with Crippen LogP contribution in [-0.2, 0) is 0 Å². The Morgan fingerprint density at radius 3 is 2.81 bits per heavy atom. The molecule has 3 rings (SSSR count). The number of hydrogen-bond donors (Lipinski definition) is 1. The third kappa shape index (κ3) is 2.71. The van der Waals surface area contributed by atoms with Gasteiger partial charge in [0, 0.05) is 18.1 Å². The molecule has 0 spiro atoms. The summed E-state index contributed by atoms with van der Waals surface area (Å²) in [6.45, 7) is 3.79. The van der Waals surface area contributed by atoms with Gasteiger partial charge in [-0.05, 0) is 43.7 Å². The zero-order valence-corrected chi connectivity index (χ0v) is 12.5. The smallest absolute Gasteiger partial charge is 0.267 e.